The molecule has 7 nitrogen and oxygen atoms in total. The summed E-state index contributed by atoms with van der Waals surface area (Å²) in [7, 11) is 0. The lowest BCUT2D eigenvalue weighted by Crippen LogP contribution is -2.21. The second-order valence-electron chi connectivity index (χ2n) is 9.12. The van der Waals surface area contributed by atoms with E-state index in [0.29, 0.717) is 17.6 Å². The molecule has 4 aromatic heterocycles. The zero-order valence-corrected chi connectivity index (χ0v) is 20.1. The maximum atomic E-state index is 5.02. The van der Waals surface area contributed by atoms with Crippen molar-refractivity contribution < 1.29 is 0 Å². The highest BCUT2D eigenvalue weighted by molar-refractivity contribution is 6.15. The van der Waals surface area contributed by atoms with Crippen LogP contribution in [0.15, 0.2) is 116 Å². The molecule has 0 saturated heterocycles. The first-order chi connectivity index (χ1) is 18.9. The summed E-state index contributed by atoms with van der Waals surface area (Å²) >= 11 is 0. The number of rotatable bonds is 3. The van der Waals surface area contributed by atoms with E-state index >= 15 is 0 Å². The summed E-state index contributed by atoms with van der Waals surface area (Å²) in [6.07, 6.45) is 7.53. The molecule has 5 heterocycles. The Balaban J connectivity index is 1.46. The van der Waals surface area contributed by atoms with Crippen LogP contribution in [0.1, 0.15) is 0 Å². The molecule has 0 atom stereocenters. The molecule has 0 fully saturated rings. The van der Waals surface area contributed by atoms with Gasteiger partial charge in [-0.3, -0.25) is 14.9 Å². The predicted molar refractivity (Wildman–Crippen MR) is 149 cm³/mol. The molecule has 8 rings (SSSR count). The Morgan fingerprint density at radius 3 is 1.84 bits per heavy atom. The van der Waals surface area contributed by atoms with Crippen molar-refractivity contribution >= 4 is 39.1 Å². The molecule has 38 heavy (non-hydrogen) atoms. The van der Waals surface area contributed by atoms with Gasteiger partial charge >= 0.3 is 0 Å². The number of fused-ring (bicyclic) bond motifs is 5. The summed E-state index contributed by atoms with van der Waals surface area (Å²) in [5, 5.41) is 2.09. The predicted octanol–water partition coefficient (Wildman–Crippen LogP) is 6.88. The van der Waals surface area contributed by atoms with Crippen molar-refractivity contribution in [3.05, 3.63) is 116 Å². The third-order valence-corrected chi connectivity index (χ3v) is 6.94. The topological polar surface area (TPSA) is 72.6 Å². The molecule has 1 aliphatic heterocycles. The number of hydrogen-bond donors (Lipinski definition) is 0. The number of nitrogens with zero attached hydrogens (tertiary/aromatic N) is 7. The first-order valence-electron chi connectivity index (χ1n) is 12.4. The molecule has 0 saturated carbocycles. The minimum atomic E-state index is 0.536. The van der Waals surface area contributed by atoms with Gasteiger partial charge in [0.15, 0.2) is 11.6 Å². The van der Waals surface area contributed by atoms with Gasteiger partial charge in [-0.1, -0.05) is 72.8 Å². The highest BCUT2D eigenvalue weighted by Crippen LogP contribution is 2.48. The number of benzene rings is 3. The minimum absolute atomic E-state index is 0.536. The zero-order chi connectivity index (χ0) is 25.1. The van der Waals surface area contributed by atoms with Crippen LogP contribution < -0.4 is 4.90 Å². The average molecular weight is 490 g/mol. The van der Waals surface area contributed by atoms with Crippen molar-refractivity contribution in [2.45, 2.75) is 0 Å². The third kappa shape index (κ3) is 2.99. The largest absolute Gasteiger partial charge is 0.305 e. The van der Waals surface area contributed by atoms with Crippen LogP contribution in [0.3, 0.4) is 0 Å². The van der Waals surface area contributed by atoms with Crippen molar-refractivity contribution in [3.8, 4) is 28.5 Å². The fourth-order valence-electron chi connectivity index (χ4n) is 5.28. The van der Waals surface area contributed by atoms with E-state index in [2.05, 4.69) is 43.7 Å². The molecule has 0 unspecified atom stereocenters. The van der Waals surface area contributed by atoms with Gasteiger partial charge in [-0.25, -0.2) is 4.98 Å². The normalized spacial score (nSPS) is 12.2. The number of aromatic nitrogens is 6. The molecule has 0 aliphatic carbocycles. The molecule has 0 radical (unpaired) electrons. The Bertz CT molecular complexity index is 1920. The number of para-hydroxylation sites is 2. The van der Waals surface area contributed by atoms with Crippen LogP contribution in [0, 0.1) is 0 Å². The fraction of sp³-hybridized carbons (Fsp3) is 0. The first kappa shape index (κ1) is 20.7. The van der Waals surface area contributed by atoms with Gasteiger partial charge in [0.2, 0.25) is 5.95 Å². The lowest BCUT2D eigenvalue weighted by atomic mass is 10.1. The van der Waals surface area contributed by atoms with Crippen LogP contribution >= 0.6 is 0 Å². The molecule has 7 heteroatoms. The van der Waals surface area contributed by atoms with Gasteiger partial charge in [-0.2, -0.15) is 9.97 Å². The lowest BCUT2D eigenvalue weighted by Gasteiger charge is -2.31. The van der Waals surface area contributed by atoms with Crippen LogP contribution in [-0.4, -0.2) is 29.5 Å². The Kier molecular flexibility index (Phi) is 4.39. The second kappa shape index (κ2) is 8.04. The number of hydrogen-bond acceptors (Lipinski definition) is 6. The van der Waals surface area contributed by atoms with Crippen LogP contribution in [0.5, 0.6) is 0 Å². The van der Waals surface area contributed by atoms with Gasteiger partial charge < -0.3 is 4.57 Å². The SMILES string of the molecule is c1ccc(-c2nc(-c3ccccc3)nc(N3c4ccccc4-n4c5ccncc5c5cncc3c54)n2)cc1. The monoisotopic (exact) mass is 489 g/mol. The van der Waals surface area contributed by atoms with Crippen LogP contribution in [-0.2, 0) is 0 Å². The minimum Gasteiger partial charge on any atom is -0.305 e. The maximum Gasteiger partial charge on any atom is 0.238 e. The summed E-state index contributed by atoms with van der Waals surface area (Å²) in [4.78, 5) is 26.0. The molecule has 0 bridgehead atoms. The van der Waals surface area contributed by atoms with E-state index < -0.39 is 0 Å². The van der Waals surface area contributed by atoms with E-state index in [4.69, 9.17) is 15.0 Å². The zero-order valence-electron chi connectivity index (χ0n) is 20.1. The maximum absolute atomic E-state index is 5.02. The standard InChI is InChI=1S/C31H19N7/c1-3-9-20(10-4-1)29-34-30(21-11-5-2-6-12-21)36-31(35-29)38-26-14-8-7-13-25(26)37-24-15-16-32-17-22(24)23-18-33-19-27(38)28(23)37/h1-19H. The Morgan fingerprint density at radius 1 is 0.500 bits per heavy atom. The van der Waals surface area contributed by atoms with E-state index in [-0.39, 0.29) is 0 Å². The van der Waals surface area contributed by atoms with E-state index in [9.17, 15) is 0 Å². The van der Waals surface area contributed by atoms with Gasteiger partial charge in [0, 0.05) is 40.5 Å². The summed E-state index contributed by atoms with van der Waals surface area (Å²) in [6, 6.07) is 30.4. The lowest BCUT2D eigenvalue weighted by molar-refractivity contribution is 1.00. The van der Waals surface area contributed by atoms with Crippen molar-refractivity contribution in [3.63, 3.8) is 0 Å². The highest BCUT2D eigenvalue weighted by atomic mass is 15.3. The van der Waals surface area contributed by atoms with E-state index in [1.54, 1.807) is 0 Å². The fourth-order valence-corrected chi connectivity index (χ4v) is 5.28. The molecule has 0 N–H and O–H groups in total. The quantitative estimate of drug-likeness (QED) is 0.269. The molecule has 1 aliphatic rings. The van der Waals surface area contributed by atoms with Gasteiger partial charge in [0.25, 0.3) is 0 Å². The van der Waals surface area contributed by atoms with E-state index in [0.717, 1.165) is 50.0 Å². The summed E-state index contributed by atoms with van der Waals surface area (Å²) < 4.78 is 2.28. The summed E-state index contributed by atoms with van der Waals surface area (Å²) in [5.74, 6) is 1.76. The van der Waals surface area contributed by atoms with Crippen molar-refractivity contribution in [2.75, 3.05) is 4.90 Å². The highest BCUT2D eigenvalue weighted by Gasteiger charge is 2.30. The molecule has 3 aromatic carbocycles. The van der Waals surface area contributed by atoms with Crippen LogP contribution in [0.2, 0.25) is 0 Å². The van der Waals surface area contributed by atoms with Crippen molar-refractivity contribution in [2.24, 2.45) is 0 Å². The second-order valence-corrected chi connectivity index (χ2v) is 9.12. The first-order valence-corrected chi connectivity index (χ1v) is 12.4. The Hall–Kier alpha value is -5.43. The van der Waals surface area contributed by atoms with Crippen molar-refractivity contribution in [1.82, 2.24) is 29.5 Å². The molecule has 7 aromatic rings. The summed E-state index contributed by atoms with van der Waals surface area (Å²) in [6.45, 7) is 0. The van der Waals surface area contributed by atoms with Gasteiger partial charge in [0.1, 0.15) is 0 Å². The van der Waals surface area contributed by atoms with Crippen molar-refractivity contribution in [1.29, 1.82) is 0 Å². The molecule has 178 valence electrons. The molecular weight excluding hydrogens is 470 g/mol. The number of pyridine rings is 2. The Morgan fingerprint density at radius 2 is 1.13 bits per heavy atom. The number of anilines is 3. The molecule has 0 amide bonds. The van der Waals surface area contributed by atoms with Gasteiger partial charge in [0.05, 0.1) is 34.3 Å². The Labute approximate surface area is 217 Å². The van der Waals surface area contributed by atoms with Crippen LogP contribution in [0.4, 0.5) is 17.3 Å². The van der Waals surface area contributed by atoms with Gasteiger partial charge in [-0.05, 0) is 18.2 Å². The van der Waals surface area contributed by atoms with E-state index in [1.807, 2.05) is 91.5 Å². The average Bonchev–Trinajstić information content (AvgIpc) is 3.34. The smallest absolute Gasteiger partial charge is 0.238 e. The van der Waals surface area contributed by atoms with Crippen LogP contribution in [0.25, 0.3) is 50.3 Å². The van der Waals surface area contributed by atoms with Gasteiger partial charge in [-0.15, -0.1) is 0 Å². The molecule has 0 spiro atoms. The third-order valence-electron chi connectivity index (χ3n) is 6.94. The summed E-state index contributed by atoms with van der Waals surface area (Å²) in [5.41, 5.74) is 6.90. The van der Waals surface area contributed by atoms with E-state index in [1.165, 1.54) is 0 Å². The molecular formula is C31H19N7.